The minimum Gasteiger partial charge on any atom is -0.444 e. The summed E-state index contributed by atoms with van der Waals surface area (Å²) in [5.74, 6) is 0.701. The monoisotopic (exact) mass is 568 g/mol. The summed E-state index contributed by atoms with van der Waals surface area (Å²) < 4.78 is 5.25. The molecule has 2 aromatic carbocycles. The number of aromatic nitrogens is 2. The molecule has 0 saturated heterocycles. The lowest BCUT2D eigenvalue weighted by Gasteiger charge is -2.19. The van der Waals surface area contributed by atoms with Crippen LogP contribution in [0.2, 0.25) is 23.7 Å². The van der Waals surface area contributed by atoms with Crippen molar-refractivity contribution in [2.45, 2.75) is 46.4 Å². The first-order valence-electron chi connectivity index (χ1n) is 12.6. The Morgan fingerprint density at radius 1 is 1.05 bits per heavy atom. The maximum absolute atomic E-state index is 11.8. The van der Waals surface area contributed by atoms with Crippen LogP contribution in [0.5, 0.6) is 0 Å². The largest absolute Gasteiger partial charge is 0.444 e. The molecule has 0 bridgehead atoms. The maximum atomic E-state index is 11.8. The number of carbonyl (C=O) groups is 1. The molecule has 0 fully saturated rings. The fraction of sp³-hybridized carbons (Fsp3) is 0.310. The second kappa shape index (κ2) is 15.4. The number of anilines is 2. The number of pyridine rings is 1. The molecule has 0 unspecified atom stereocenters. The van der Waals surface area contributed by atoms with E-state index in [4.69, 9.17) is 27.9 Å². The topological polar surface area (TPSA) is 91.1 Å². The standard InChI is InChI=1S/C25H27Cl2N5O2.C2H6B.C2H4/c1-25(2,3)34-24(33)30-14-28-9-8-15-10-18(31-22-7-5-17(27)13-29-22)12-20-19-11-16(26)4-6-21(19)32-23(15)20;1-3-2;1-2/h4-7,10-13,28,32H,8-9,14H2,1-3H3,(H,29,31)(H,30,33);1-2H3;1-2H2. The molecular formula is C29H37BCl2N5O2. The van der Waals surface area contributed by atoms with E-state index in [1.54, 1.807) is 12.3 Å². The number of hydrogen-bond acceptors (Lipinski definition) is 5. The van der Waals surface area contributed by atoms with Crippen LogP contribution in [0.1, 0.15) is 26.3 Å². The van der Waals surface area contributed by atoms with Gasteiger partial charge in [-0.15, -0.1) is 13.2 Å². The first-order valence-corrected chi connectivity index (χ1v) is 13.4. The van der Waals surface area contributed by atoms with E-state index in [0.29, 0.717) is 29.1 Å². The molecule has 4 rings (SSSR count). The number of rotatable bonds is 7. The maximum Gasteiger partial charge on any atom is 0.408 e. The zero-order valence-electron chi connectivity index (χ0n) is 23.3. The van der Waals surface area contributed by atoms with Gasteiger partial charge < -0.3 is 20.4 Å². The highest BCUT2D eigenvalue weighted by atomic mass is 35.5. The number of fused-ring (bicyclic) bond motifs is 3. The van der Waals surface area contributed by atoms with E-state index in [2.05, 4.69) is 51.2 Å². The highest BCUT2D eigenvalue weighted by Crippen LogP contribution is 2.33. The van der Waals surface area contributed by atoms with Crippen LogP contribution < -0.4 is 16.0 Å². The lowest BCUT2D eigenvalue weighted by Crippen LogP contribution is -2.38. The normalized spacial score (nSPS) is 10.6. The van der Waals surface area contributed by atoms with Crippen LogP contribution in [0.15, 0.2) is 61.8 Å². The van der Waals surface area contributed by atoms with E-state index in [0.717, 1.165) is 39.5 Å². The molecule has 4 N–H and O–H groups in total. The number of halogens is 2. The molecule has 2 aromatic heterocycles. The lowest BCUT2D eigenvalue weighted by molar-refractivity contribution is 0.0524. The zero-order valence-corrected chi connectivity index (χ0v) is 24.8. The molecule has 0 saturated carbocycles. The quantitative estimate of drug-likeness (QED) is 0.0785. The number of alkyl carbamates (subject to hydrolysis) is 1. The van der Waals surface area contributed by atoms with Crippen molar-refractivity contribution in [2.24, 2.45) is 0 Å². The number of ether oxygens (including phenoxy) is 1. The Kier molecular flexibility index (Phi) is 12.7. The van der Waals surface area contributed by atoms with Gasteiger partial charge in [-0.25, -0.2) is 9.78 Å². The van der Waals surface area contributed by atoms with Crippen molar-refractivity contribution in [1.29, 1.82) is 0 Å². The molecule has 0 aliphatic carbocycles. The van der Waals surface area contributed by atoms with Crippen LogP contribution in [0.4, 0.5) is 16.3 Å². The molecule has 10 heteroatoms. The van der Waals surface area contributed by atoms with Crippen molar-refractivity contribution in [2.75, 3.05) is 18.5 Å². The number of nitrogens with one attached hydrogen (secondary N) is 4. The first kappa shape index (κ1) is 32.0. The van der Waals surface area contributed by atoms with Crippen LogP contribution >= 0.6 is 23.2 Å². The third kappa shape index (κ3) is 10.1. The average molecular weight is 569 g/mol. The molecule has 4 aromatic rings. The van der Waals surface area contributed by atoms with E-state index in [9.17, 15) is 4.79 Å². The summed E-state index contributed by atoms with van der Waals surface area (Å²) in [7, 11) is 2.00. The van der Waals surface area contributed by atoms with Gasteiger partial charge in [0.1, 0.15) is 18.7 Å². The van der Waals surface area contributed by atoms with Crippen LogP contribution in [0.25, 0.3) is 21.8 Å². The van der Waals surface area contributed by atoms with Gasteiger partial charge in [-0.05, 0) is 75.2 Å². The van der Waals surface area contributed by atoms with Gasteiger partial charge in [0.05, 0.1) is 11.7 Å². The smallest absolute Gasteiger partial charge is 0.408 e. The molecular weight excluding hydrogens is 532 g/mol. The Labute approximate surface area is 242 Å². The van der Waals surface area contributed by atoms with Gasteiger partial charge in [0.2, 0.25) is 0 Å². The predicted molar refractivity (Wildman–Crippen MR) is 168 cm³/mol. The van der Waals surface area contributed by atoms with Crippen molar-refractivity contribution in [3.63, 3.8) is 0 Å². The number of H-pyrrole nitrogens is 1. The van der Waals surface area contributed by atoms with Crippen LogP contribution in [-0.4, -0.2) is 42.2 Å². The molecule has 0 aliphatic rings. The number of aromatic amines is 1. The van der Waals surface area contributed by atoms with E-state index in [1.807, 2.05) is 66.0 Å². The molecule has 0 atom stereocenters. The Morgan fingerprint density at radius 2 is 1.74 bits per heavy atom. The molecule has 0 aliphatic heterocycles. The molecule has 0 spiro atoms. The summed E-state index contributed by atoms with van der Waals surface area (Å²) in [6, 6.07) is 13.6. The van der Waals surface area contributed by atoms with Crippen molar-refractivity contribution in [3.05, 3.63) is 77.4 Å². The number of hydrogen-bond donors (Lipinski definition) is 4. The Balaban J connectivity index is 0.000000998. The van der Waals surface area contributed by atoms with E-state index in [1.165, 1.54) is 0 Å². The highest BCUT2D eigenvalue weighted by molar-refractivity contribution is 6.32. The summed E-state index contributed by atoms with van der Waals surface area (Å²) >= 11 is 12.2. The average Bonchev–Trinajstić information content (AvgIpc) is 3.24. The summed E-state index contributed by atoms with van der Waals surface area (Å²) in [5, 5.41) is 12.7. The highest BCUT2D eigenvalue weighted by Gasteiger charge is 2.15. The second-order valence-corrected chi connectivity index (χ2v) is 10.4. The van der Waals surface area contributed by atoms with Crippen molar-refractivity contribution >= 4 is 69.9 Å². The molecule has 1 amide bonds. The number of amides is 1. The fourth-order valence-electron chi connectivity index (χ4n) is 3.67. The van der Waals surface area contributed by atoms with Gasteiger partial charge >= 0.3 is 6.09 Å². The van der Waals surface area contributed by atoms with Gasteiger partial charge in [0.25, 0.3) is 0 Å². The van der Waals surface area contributed by atoms with Gasteiger partial charge in [-0.1, -0.05) is 36.8 Å². The predicted octanol–water partition coefficient (Wildman–Crippen LogP) is 7.97. The Morgan fingerprint density at radius 3 is 2.38 bits per heavy atom. The van der Waals surface area contributed by atoms with Gasteiger partial charge in [0, 0.05) is 45.3 Å². The molecule has 39 heavy (non-hydrogen) atoms. The number of benzene rings is 2. The summed E-state index contributed by atoms with van der Waals surface area (Å²) in [6.07, 6.45) is 1.89. The minimum absolute atomic E-state index is 0.313. The summed E-state index contributed by atoms with van der Waals surface area (Å²) in [5.41, 5.74) is 3.56. The summed E-state index contributed by atoms with van der Waals surface area (Å²) in [4.78, 5) is 19.7. The summed E-state index contributed by atoms with van der Waals surface area (Å²) in [6.45, 7) is 16.5. The second-order valence-electron chi connectivity index (χ2n) is 9.54. The SMILES string of the molecule is C=C.CC(C)(C)OC(=O)NCNCCc1cc(Nc2ccc(Cl)cn2)cc2c1[nH]c1ccc(Cl)cc12.C[B]C. The van der Waals surface area contributed by atoms with Crippen LogP contribution in [-0.2, 0) is 11.2 Å². The molecule has 2 heterocycles. The van der Waals surface area contributed by atoms with E-state index in [-0.39, 0.29) is 0 Å². The van der Waals surface area contributed by atoms with Gasteiger partial charge in [0.15, 0.2) is 0 Å². The van der Waals surface area contributed by atoms with E-state index < -0.39 is 11.7 Å². The minimum atomic E-state index is -0.527. The number of carbonyl (C=O) groups excluding carboxylic acids is 1. The van der Waals surface area contributed by atoms with Gasteiger partial charge in [-0.2, -0.15) is 0 Å². The Bertz CT molecular complexity index is 1350. The number of nitrogens with zero attached hydrogens (tertiary/aromatic N) is 1. The fourth-order valence-corrected chi connectivity index (χ4v) is 3.96. The van der Waals surface area contributed by atoms with Crippen molar-refractivity contribution in [1.82, 2.24) is 20.6 Å². The first-order chi connectivity index (χ1) is 18.6. The van der Waals surface area contributed by atoms with Gasteiger partial charge in [-0.3, -0.25) is 5.32 Å². The Hall–Kier alpha value is -3.20. The third-order valence-corrected chi connectivity index (χ3v) is 5.54. The molecule has 1 radical (unpaired) electrons. The zero-order chi connectivity index (χ0) is 29.0. The molecule has 207 valence electrons. The van der Waals surface area contributed by atoms with Crippen LogP contribution in [0.3, 0.4) is 0 Å². The third-order valence-electron chi connectivity index (χ3n) is 5.08. The molecule has 7 nitrogen and oxygen atoms in total. The van der Waals surface area contributed by atoms with Crippen molar-refractivity contribution in [3.8, 4) is 0 Å². The van der Waals surface area contributed by atoms with Crippen LogP contribution in [0, 0.1) is 0 Å². The van der Waals surface area contributed by atoms with E-state index >= 15 is 0 Å². The lowest BCUT2D eigenvalue weighted by atomic mass is 9.88. The van der Waals surface area contributed by atoms with Crippen molar-refractivity contribution < 1.29 is 9.53 Å².